The first-order valence-corrected chi connectivity index (χ1v) is 6.53. The van der Waals surface area contributed by atoms with Crippen LogP contribution in [0.2, 0.25) is 0 Å². The summed E-state index contributed by atoms with van der Waals surface area (Å²) in [7, 11) is 1.93. The first-order chi connectivity index (χ1) is 9.08. The maximum atomic E-state index is 12.1. The van der Waals surface area contributed by atoms with E-state index in [-0.39, 0.29) is 5.91 Å². The van der Waals surface area contributed by atoms with Crippen LogP contribution in [-0.2, 0) is 16.1 Å². The van der Waals surface area contributed by atoms with Crippen molar-refractivity contribution in [1.82, 2.24) is 15.0 Å². The topological polar surface area (TPSA) is 58.8 Å². The van der Waals surface area contributed by atoms with Crippen LogP contribution in [0.1, 0.15) is 17.0 Å². The van der Waals surface area contributed by atoms with Gasteiger partial charge in [-0.3, -0.25) is 9.69 Å². The summed E-state index contributed by atoms with van der Waals surface area (Å²) in [4.78, 5) is 15.9. The van der Waals surface area contributed by atoms with E-state index in [1.807, 2.05) is 30.7 Å². The number of aromatic nitrogens is 1. The molecule has 6 heteroatoms. The molecule has 1 aliphatic heterocycles. The highest BCUT2D eigenvalue weighted by atomic mass is 16.5. The zero-order valence-electron chi connectivity index (χ0n) is 11.8. The van der Waals surface area contributed by atoms with E-state index in [0.717, 1.165) is 17.0 Å². The van der Waals surface area contributed by atoms with Crippen molar-refractivity contribution in [2.45, 2.75) is 20.4 Å². The molecular weight excluding hydrogens is 246 g/mol. The molecule has 2 heterocycles. The lowest BCUT2D eigenvalue weighted by Crippen LogP contribution is -2.44. The van der Waals surface area contributed by atoms with Crippen molar-refractivity contribution in [3.63, 3.8) is 0 Å². The van der Waals surface area contributed by atoms with E-state index < -0.39 is 0 Å². The summed E-state index contributed by atoms with van der Waals surface area (Å²) in [5.41, 5.74) is 1.96. The van der Waals surface area contributed by atoms with Crippen molar-refractivity contribution in [3.05, 3.63) is 17.0 Å². The highest BCUT2D eigenvalue weighted by Crippen LogP contribution is 2.14. The van der Waals surface area contributed by atoms with Crippen LogP contribution in [0.4, 0.5) is 0 Å². The molecule has 1 saturated heterocycles. The quantitative estimate of drug-likeness (QED) is 0.799. The van der Waals surface area contributed by atoms with E-state index in [2.05, 4.69) is 5.16 Å². The van der Waals surface area contributed by atoms with Crippen LogP contribution in [0.15, 0.2) is 4.52 Å². The normalized spacial score (nSPS) is 16.1. The molecule has 1 amide bonds. The highest BCUT2D eigenvalue weighted by Gasteiger charge is 2.19. The number of amides is 1. The predicted octanol–water partition coefficient (Wildman–Crippen LogP) is 0.582. The Bertz CT molecular complexity index is 419. The molecule has 19 heavy (non-hydrogen) atoms. The molecule has 0 aliphatic carbocycles. The van der Waals surface area contributed by atoms with Crippen molar-refractivity contribution in [1.29, 1.82) is 0 Å². The Morgan fingerprint density at radius 2 is 2.05 bits per heavy atom. The molecular formula is C13H21N3O3. The Kier molecular flexibility index (Phi) is 4.55. The SMILES string of the molecule is Cc1noc(C)c1CN(C)CC(=O)N1CCOCC1. The molecule has 1 aromatic heterocycles. The molecule has 6 nitrogen and oxygen atoms in total. The van der Waals surface area contributed by atoms with E-state index in [9.17, 15) is 4.79 Å². The van der Waals surface area contributed by atoms with Gasteiger partial charge >= 0.3 is 0 Å². The van der Waals surface area contributed by atoms with Crippen LogP contribution >= 0.6 is 0 Å². The van der Waals surface area contributed by atoms with Gasteiger partial charge in [0.25, 0.3) is 0 Å². The van der Waals surface area contributed by atoms with Crippen LogP contribution in [0.25, 0.3) is 0 Å². The van der Waals surface area contributed by atoms with Gasteiger partial charge in [0.15, 0.2) is 0 Å². The van der Waals surface area contributed by atoms with E-state index in [1.54, 1.807) is 0 Å². The number of ether oxygens (including phenoxy) is 1. The van der Waals surface area contributed by atoms with Gasteiger partial charge in [-0.1, -0.05) is 5.16 Å². The fourth-order valence-electron chi connectivity index (χ4n) is 2.20. The second kappa shape index (κ2) is 6.16. The number of morpholine rings is 1. The molecule has 106 valence electrons. The fraction of sp³-hybridized carbons (Fsp3) is 0.692. The molecule has 0 spiro atoms. The van der Waals surface area contributed by atoms with Crippen LogP contribution in [0.3, 0.4) is 0 Å². The first kappa shape index (κ1) is 14.0. The van der Waals surface area contributed by atoms with Gasteiger partial charge < -0.3 is 14.2 Å². The summed E-state index contributed by atoms with van der Waals surface area (Å²) in [5.74, 6) is 0.973. The van der Waals surface area contributed by atoms with Gasteiger partial charge in [0.05, 0.1) is 25.5 Å². The highest BCUT2D eigenvalue weighted by molar-refractivity contribution is 5.78. The fourth-order valence-corrected chi connectivity index (χ4v) is 2.20. The van der Waals surface area contributed by atoms with Crippen molar-refractivity contribution >= 4 is 5.91 Å². The van der Waals surface area contributed by atoms with Crippen molar-refractivity contribution < 1.29 is 14.1 Å². The van der Waals surface area contributed by atoms with E-state index in [0.29, 0.717) is 39.4 Å². The second-order valence-electron chi connectivity index (χ2n) is 4.97. The molecule has 1 fully saturated rings. The maximum Gasteiger partial charge on any atom is 0.236 e. The summed E-state index contributed by atoms with van der Waals surface area (Å²) < 4.78 is 10.4. The Morgan fingerprint density at radius 3 is 2.63 bits per heavy atom. The van der Waals surface area contributed by atoms with Gasteiger partial charge in [0.2, 0.25) is 5.91 Å². The molecule has 0 N–H and O–H groups in total. The predicted molar refractivity (Wildman–Crippen MR) is 69.7 cm³/mol. The maximum absolute atomic E-state index is 12.1. The van der Waals surface area contributed by atoms with Crippen LogP contribution in [0.5, 0.6) is 0 Å². The molecule has 0 atom stereocenters. The summed E-state index contributed by atoms with van der Waals surface area (Å²) in [6.45, 7) is 7.56. The summed E-state index contributed by atoms with van der Waals surface area (Å²) in [6.07, 6.45) is 0. The standard InChI is InChI=1S/C13H21N3O3/c1-10-12(11(2)19-14-10)8-15(3)9-13(17)16-4-6-18-7-5-16/h4-9H2,1-3H3. The summed E-state index contributed by atoms with van der Waals surface area (Å²) >= 11 is 0. The van der Waals surface area contributed by atoms with Crippen molar-refractivity contribution in [2.75, 3.05) is 39.9 Å². The number of nitrogens with zero attached hydrogens (tertiary/aromatic N) is 3. The Hall–Kier alpha value is -1.40. The third kappa shape index (κ3) is 3.54. The lowest BCUT2D eigenvalue weighted by molar-refractivity contribution is -0.136. The molecule has 0 saturated carbocycles. The Morgan fingerprint density at radius 1 is 1.37 bits per heavy atom. The lowest BCUT2D eigenvalue weighted by atomic mass is 10.2. The Labute approximate surface area is 113 Å². The number of carbonyl (C=O) groups is 1. The average molecular weight is 267 g/mol. The third-order valence-corrected chi connectivity index (χ3v) is 3.38. The molecule has 1 aromatic rings. The van der Waals surface area contributed by atoms with Crippen LogP contribution in [-0.4, -0.2) is 60.8 Å². The molecule has 0 unspecified atom stereocenters. The van der Waals surface area contributed by atoms with Crippen molar-refractivity contribution in [2.24, 2.45) is 0 Å². The van der Waals surface area contributed by atoms with Gasteiger partial charge in [-0.25, -0.2) is 0 Å². The minimum atomic E-state index is 0.151. The van der Waals surface area contributed by atoms with Gasteiger partial charge in [-0.15, -0.1) is 0 Å². The number of hydrogen-bond acceptors (Lipinski definition) is 5. The number of rotatable bonds is 4. The minimum absolute atomic E-state index is 0.151. The van der Waals surface area contributed by atoms with E-state index in [1.165, 1.54) is 0 Å². The van der Waals surface area contributed by atoms with Gasteiger partial charge in [-0.2, -0.15) is 0 Å². The first-order valence-electron chi connectivity index (χ1n) is 6.53. The molecule has 0 radical (unpaired) electrons. The molecule has 0 aromatic carbocycles. The largest absolute Gasteiger partial charge is 0.378 e. The number of carbonyl (C=O) groups excluding carboxylic acids is 1. The van der Waals surface area contributed by atoms with Gasteiger partial charge in [-0.05, 0) is 20.9 Å². The minimum Gasteiger partial charge on any atom is -0.378 e. The molecule has 2 rings (SSSR count). The smallest absolute Gasteiger partial charge is 0.236 e. The average Bonchev–Trinajstić information content (AvgIpc) is 2.71. The van der Waals surface area contributed by atoms with Gasteiger partial charge in [0, 0.05) is 25.2 Å². The Balaban J connectivity index is 1.87. The van der Waals surface area contributed by atoms with Crippen LogP contribution in [0, 0.1) is 13.8 Å². The van der Waals surface area contributed by atoms with E-state index >= 15 is 0 Å². The monoisotopic (exact) mass is 267 g/mol. The number of hydrogen-bond donors (Lipinski definition) is 0. The van der Waals surface area contributed by atoms with E-state index in [4.69, 9.17) is 9.26 Å². The lowest BCUT2D eigenvalue weighted by Gasteiger charge is -2.28. The summed E-state index contributed by atoms with van der Waals surface area (Å²) in [6, 6.07) is 0. The van der Waals surface area contributed by atoms with Crippen LogP contribution < -0.4 is 0 Å². The second-order valence-corrected chi connectivity index (χ2v) is 4.97. The third-order valence-electron chi connectivity index (χ3n) is 3.38. The van der Waals surface area contributed by atoms with Crippen molar-refractivity contribution in [3.8, 4) is 0 Å². The molecule has 1 aliphatic rings. The zero-order valence-corrected chi connectivity index (χ0v) is 11.8. The summed E-state index contributed by atoms with van der Waals surface area (Å²) in [5, 5.41) is 3.92. The molecule has 0 bridgehead atoms. The van der Waals surface area contributed by atoms with Gasteiger partial charge in [0.1, 0.15) is 5.76 Å². The zero-order chi connectivity index (χ0) is 13.8. The number of likely N-dealkylation sites (N-methyl/N-ethyl adjacent to an activating group) is 1. The number of aryl methyl sites for hydroxylation is 2.